The zero-order valence-corrected chi connectivity index (χ0v) is 5.11. The van der Waals surface area contributed by atoms with Crippen molar-refractivity contribution in [1.29, 1.82) is 0 Å². The zero-order chi connectivity index (χ0) is 7.44. The second-order valence-electron chi connectivity index (χ2n) is 1.81. The Morgan fingerprint density at radius 3 is 2.11 bits per heavy atom. The molecule has 0 saturated heterocycles. The molecule has 0 aromatic rings. The van der Waals surface area contributed by atoms with Crippen molar-refractivity contribution >= 4 is 5.78 Å². The van der Waals surface area contributed by atoms with Crippen molar-refractivity contribution in [1.82, 2.24) is 0 Å². The molecule has 0 amide bonds. The maximum Gasteiger partial charge on any atom is 0.160 e. The summed E-state index contributed by atoms with van der Waals surface area (Å²) in [4.78, 5) is 10.2. The van der Waals surface area contributed by atoms with Crippen LogP contribution in [0.3, 0.4) is 0 Å². The summed E-state index contributed by atoms with van der Waals surface area (Å²) in [7, 11) is 0. The van der Waals surface area contributed by atoms with Crippen LogP contribution >= 0.6 is 0 Å². The largest absolute Gasteiger partial charge is 0.394 e. The van der Waals surface area contributed by atoms with Crippen LogP contribution in [-0.4, -0.2) is 39.9 Å². The van der Waals surface area contributed by atoms with E-state index >= 15 is 0 Å². The van der Waals surface area contributed by atoms with Gasteiger partial charge in [-0.25, -0.2) is 0 Å². The Kier molecular flexibility index (Phi) is 3.37. The van der Waals surface area contributed by atoms with Gasteiger partial charge in [-0.3, -0.25) is 4.79 Å². The Labute approximate surface area is 52.7 Å². The molecule has 0 fully saturated rings. The van der Waals surface area contributed by atoms with Crippen molar-refractivity contribution in [3.05, 3.63) is 0 Å². The first kappa shape index (κ1) is 8.55. The van der Waals surface area contributed by atoms with Gasteiger partial charge in [-0.05, 0) is 6.92 Å². The van der Waals surface area contributed by atoms with Gasteiger partial charge in [0.25, 0.3) is 0 Å². The molecule has 0 radical (unpaired) electrons. The number of Topliss-reactive ketones (excluding diaryl/α,β-unsaturated/α-hetero) is 1. The minimum Gasteiger partial charge on any atom is -0.394 e. The van der Waals surface area contributed by atoms with Crippen molar-refractivity contribution in [3.63, 3.8) is 0 Å². The van der Waals surface area contributed by atoms with Gasteiger partial charge in [0.15, 0.2) is 5.78 Å². The average molecular weight is 135 g/mol. The van der Waals surface area contributed by atoms with Crippen LogP contribution in [0, 0.1) is 0 Å². The van der Waals surface area contributed by atoms with Gasteiger partial charge in [0.05, 0.1) is 6.61 Å². The SMILES string of the molecule is CC(=O)[C@@H](O)[13C@H](O)CO. The molecule has 0 rings (SSSR count). The monoisotopic (exact) mass is 135 g/mol. The predicted molar refractivity (Wildman–Crippen MR) is 29.8 cm³/mol. The van der Waals surface area contributed by atoms with Crippen LogP contribution in [0.25, 0.3) is 0 Å². The Balaban J connectivity index is 3.72. The lowest BCUT2D eigenvalue weighted by atomic mass is 10.3. The number of carbonyl (C=O) groups excluding carboxylic acids is 1. The standard InChI is InChI=1S/C5H10O4/c1-3(7)5(9)4(8)2-6/h4-6,8-9H,2H2,1H3/t4-,5-/m1/s1/i4+1. The van der Waals surface area contributed by atoms with Crippen LogP contribution in [0.4, 0.5) is 0 Å². The van der Waals surface area contributed by atoms with E-state index in [1.165, 1.54) is 0 Å². The molecular weight excluding hydrogens is 125 g/mol. The molecule has 0 saturated carbocycles. The quantitative estimate of drug-likeness (QED) is 0.403. The maximum absolute atomic E-state index is 10.2. The second-order valence-corrected chi connectivity index (χ2v) is 1.81. The maximum atomic E-state index is 10.2. The summed E-state index contributed by atoms with van der Waals surface area (Å²) in [5.41, 5.74) is 0. The summed E-state index contributed by atoms with van der Waals surface area (Å²) < 4.78 is 0. The van der Waals surface area contributed by atoms with E-state index in [2.05, 4.69) is 0 Å². The number of carbonyl (C=O) groups is 1. The van der Waals surface area contributed by atoms with E-state index in [0.717, 1.165) is 6.92 Å². The zero-order valence-electron chi connectivity index (χ0n) is 5.11. The summed E-state index contributed by atoms with van der Waals surface area (Å²) in [6, 6.07) is 0. The topological polar surface area (TPSA) is 77.8 Å². The summed E-state index contributed by atoms with van der Waals surface area (Å²) in [5, 5.41) is 25.4. The highest BCUT2D eigenvalue weighted by Gasteiger charge is 2.18. The van der Waals surface area contributed by atoms with Crippen molar-refractivity contribution < 1.29 is 20.1 Å². The highest BCUT2D eigenvalue weighted by molar-refractivity contribution is 5.80. The number of aliphatic hydroxyl groups is 3. The predicted octanol–water partition coefficient (Wildman–Crippen LogP) is -1.71. The number of ketones is 1. The first-order valence-corrected chi connectivity index (χ1v) is 2.57. The van der Waals surface area contributed by atoms with Crippen LogP contribution in [0.15, 0.2) is 0 Å². The summed E-state index contributed by atoms with van der Waals surface area (Å²) in [6.45, 7) is 0.546. The van der Waals surface area contributed by atoms with Crippen molar-refractivity contribution in [2.24, 2.45) is 0 Å². The third-order valence-corrected chi connectivity index (χ3v) is 0.968. The smallest absolute Gasteiger partial charge is 0.160 e. The third kappa shape index (κ3) is 2.55. The lowest BCUT2D eigenvalue weighted by Crippen LogP contribution is -2.34. The van der Waals surface area contributed by atoms with Gasteiger partial charge in [-0.15, -0.1) is 0 Å². The second kappa shape index (κ2) is 3.55. The van der Waals surface area contributed by atoms with Gasteiger partial charge in [0, 0.05) is 0 Å². The summed E-state index contributed by atoms with van der Waals surface area (Å²) >= 11 is 0. The van der Waals surface area contributed by atoms with Crippen LogP contribution in [0.2, 0.25) is 0 Å². The molecule has 3 N–H and O–H groups in total. The normalized spacial score (nSPS) is 16.9. The molecule has 4 nitrogen and oxygen atoms in total. The molecule has 0 aromatic carbocycles. The molecule has 0 aliphatic carbocycles. The van der Waals surface area contributed by atoms with E-state index in [9.17, 15) is 4.79 Å². The van der Waals surface area contributed by atoms with E-state index in [-0.39, 0.29) is 0 Å². The first-order chi connectivity index (χ1) is 4.09. The fourth-order valence-electron chi connectivity index (χ4n) is 0.371. The fraction of sp³-hybridized carbons (Fsp3) is 0.800. The molecule has 9 heavy (non-hydrogen) atoms. The number of aliphatic hydroxyl groups excluding tert-OH is 3. The lowest BCUT2D eigenvalue weighted by Gasteiger charge is -2.10. The van der Waals surface area contributed by atoms with Crippen LogP contribution in [0.1, 0.15) is 6.92 Å². The van der Waals surface area contributed by atoms with Gasteiger partial charge in [0.2, 0.25) is 0 Å². The highest BCUT2D eigenvalue weighted by atomic mass is 16.4. The van der Waals surface area contributed by atoms with Crippen LogP contribution in [-0.2, 0) is 4.79 Å². The first-order valence-electron chi connectivity index (χ1n) is 2.57. The minimum atomic E-state index is -1.45. The van der Waals surface area contributed by atoms with Gasteiger partial charge in [-0.1, -0.05) is 0 Å². The number of hydrogen-bond donors (Lipinski definition) is 3. The van der Waals surface area contributed by atoms with Crippen LogP contribution in [0.5, 0.6) is 0 Å². The van der Waals surface area contributed by atoms with E-state index < -0.39 is 24.6 Å². The van der Waals surface area contributed by atoms with E-state index in [4.69, 9.17) is 15.3 Å². The van der Waals surface area contributed by atoms with Crippen molar-refractivity contribution in [2.45, 2.75) is 19.1 Å². The fourth-order valence-corrected chi connectivity index (χ4v) is 0.371. The molecule has 4 heteroatoms. The molecular formula is C5H10O4. The van der Waals surface area contributed by atoms with E-state index in [1.54, 1.807) is 0 Å². The molecule has 0 aliphatic rings. The van der Waals surface area contributed by atoms with Gasteiger partial charge < -0.3 is 15.3 Å². The molecule has 0 aliphatic heterocycles. The number of hydrogen-bond acceptors (Lipinski definition) is 4. The third-order valence-electron chi connectivity index (χ3n) is 0.968. The Morgan fingerprint density at radius 1 is 1.56 bits per heavy atom. The summed E-state index contributed by atoms with van der Waals surface area (Å²) in [6.07, 6.45) is -2.79. The average Bonchev–Trinajstić information content (AvgIpc) is 1.84. The van der Waals surface area contributed by atoms with E-state index in [1.807, 2.05) is 0 Å². The van der Waals surface area contributed by atoms with E-state index in [0.29, 0.717) is 0 Å². The van der Waals surface area contributed by atoms with Gasteiger partial charge in [0.1, 0.15) is 12.2 Å². The van der Waals surface area contributed by atoms with Gasteiger partial charge >= 0.3 is 0 Å². The molecule has 0 bridgehead atoms. The molecule has 0 aromatic heterocycles. The summed E-state index contributed by atoms with van der Waals surface area (Å²) in [5.74, 6) is -0.545. The Morgan fingerprint density at radius 2 is 2.00 bits per heavy atom. The molecule has 2 atom stereocenters. The minimum absolute atomic E-state index is 0.545. The highest BCUT2D eigenvalue weighted by Crippen LogP contribution is 1.92. The number of rotatable bonds is 3. The lowest BCUT2D eigenvalue weighted by molar-refractivity contribution is -0.132. The van der Waals surface area contributed by atoms with Crippen LogP contribution < -0.4 is 0 Å². The Bertz CT molecular complexity index is 101. The Hall–Kier alpha value is -0.450. The van der Waals surface area contributed by atoms with Crippen molar-refractivity contribution in [2.75, 3.05) is 6.61 Å². The van der Waals surface area contributed by atoms with Crippen molar-refractivity contribution in [3.8, 4) is 0 Å². The molecule has 54 valence electrons. The molecule has 0 heterocycles. The molecule has 0 spiro atoms. The molecule has 0 unspecified atom stereocenters. The van der Waals surface area contributed by atoms with Gasteiger partial charge in [-0.2, -0.15) is 0 Å².